The zero-order valence-electron chi connectivity index (χ0n) is 20.0. The molecule has 0 radical (unpaired) electrons. The summed E-state index contributed by atoms with van der Waals surface area (Å²) in [6.07, 6.45) is 2.93. The van der Waals surface area contributed by atoms with Crippen LogP contribution in [0.5, 0.6) is 0 Å². The van der Waals surface area contributed by atoms with Crippen LogP contribution in [-0.2, 0) is 32.1 Å². The molecule has 1 saturated carbocycles. The predicted molar refractivity (Wildman–Crippen MR) is 125 cm³/mol. The summed E-state index contributed by atoms with van der Waals surface area (Å²) in [5, 5.41) is 7.55. The van der Waals surface area contributed by atoms with Crippen LogP contribution in [0.25, 0.3) is 0 Å². The molecule has 2 aromatic rings. The van der Waals surface area contributed by atoms with Gasteiger partial charge in [-0.25, -0.2) is 8.78 Å². The Hall–Kier alpha value is -3.63. The fourth-order valence-electron chi connectivity index (χ4n) is 3.99. The van der Waals surface area contributed by atoms with Crippen LogP contribution >= 0.6 is 0 Å². The van der Waals surface area contributed by atoms with Crippen LogP contribution in [0.15, 0.2) is 47.2 Å². The summed E-state index contributed by atoms with van der Waals surface area (Å²) in [5.74, 6) is -5.34. The average Bonchev–Trinajstić information content (AvgIpc) is 3.36. The number of ketones is 1. The van der Waals surface area contributed by atoms with Crippen molar-refractivity contribution in [3.63, 3.8) is 0 Å². The standard InChI is InChI=1S/C25H30F2N4O5/c1-16(30-21(32)13-17-7-9-25(26,27)10-8-17)23(34)31-20(14-19-6-4-12-36-19)22(33)24(35)29-15-18-5-2-3-11-28-18/h2-6,11-12,16-17,20H,7-10,13-15H2,1H3,(H,29,35)(H,30,32)(H,31,34)/t16-,20?/m1/s1. The van der Waals surface area contributed by atoms with Crippen molar-refractivity contribution < 1.29 is 32.4 Å². The summed E-state index contributed by atoms with van der Waals surface area (Å²) in [4.78, 5) is 54.5. The molecular formula is C25H30F2N4O5. The highest BCUT2D eigenvalue weighted by molar-refractivity contribution is 6.38. The molecule has 0 aliphatic heterocycles. The minimum absolute atomic E-state index is 0.0341. The molecule has 9 nitrogen and oxygen atoms in total. The summed E-state index contributed by atoms with van der Waals surface area (Å²) < 4.78 is 31.9. The number of aromatic nitrogens is 1. The Morgan fingerprint density at radius 2 is 1.86 bits per heavy atom. The second-order valence-electron chi connectivity index (χ2n) is 9.01. The lowest BCUT2D eigenvalue weighted by Crippen LogP contribution is -2.53. The molecule has 36 heavy (non-hydrogen) atoms. The zero-order valence-corrected chi connectivity index (χ0v) is 20.0. The van der Waals surface area contributed by atoms with Gasteiger partial charge in [0.1, 0.15) is 17.8 Å². The van der Waals surface area contributed by atoms with E-state index in [9.17, 15) is 28.0 Å². The largest absolute Gasteiger partial charge is 0.469 e. The molecule has 0 saturated heterocycles. The Morgan fingerprint density at radius 1 is 1.11 bits per heavy atom. The molecule has 3 amide bonds. The molecule has 0 spiro atoms. The normalized spacial score (nSPS) is 17.0. The fraction of sp³-hybridized carbons (Fsp3) is 0.480. The summed E-state index contributed by atoms with van der Waals surface area (Å²) in [7, 11) is 0. The molecule has 2 heterocycles. The maximum Gasteiger partial charge on any atom is 0.289 e. The molecule has 3 N–H and O–H groups in total. The molecule has 1 aliphatic rings. The van der Waals surface area contributed by atoms with E-state index in [1.807, 2.05) is 0 Å². The predicted octanol–water partition coefficient (Wildman–Crippen LogP) is 2.31. The van der Waals surface area contributed by atoms with Crippen LogP contribution in [0, 0.1) is 5.92 Å². The number of hydrogen-bond acceptors (Lipinski definition) is 6. The van der Waals surface area contributed by atoms with Gasteiger partial charge in [0.15, 0.2) is 0 Å². The third-order valence-electron chi connectivity index (χ3n) is 6.08. The van der Waals surface area contributed by atoms with Crippen molar-refractivity contribution >= 4 is 23.5 Å². The number of nitrogens with one attached hydrogen (secondary N) is 3. The molecule has 0 bridgehead atoms. The van der Waals surface area contributed by atoms with Gasteiger partial charge in [-0.05, 0) is 49.9 Å². The number of furan rings is 1. The van der Waals surface area contributed by atoms with E-state index in [1.165, 1.54) is 13.2 Å². The summed E-state index contributed by atoms with van der Waals surface area (Å²) in [6.45, 7) is 1.48. The molecule has 2 atom stereocenters. The van der Waals surface area contributed by atoms with Gasteiger partial charge in [-0.1, -0.05) is 6.07 Å². The first-order valence-corrected chi connectivity index (χ1v) is 11.8. The lowest BCUT2D eigenvalue weighted by Gasteiger charge is -2.28. The number of hydrogen-bond donors (Lipinski definition) is 3. The van der Waals surface area contributed by atoms with Crippen LogP contribution in [0.4, 0.5) is 8.78 Å². The van der Waals surface area contributed by atoms with Crippen molar-refractivity contribution in [3.8, 4) is 0 Å². The number of carbonyl (C=O) groups is 4. The van der Waals surface area contributed by atoms with Gasteiger partial charge in [0.05, 0.1) is 18.5 Å². The number of halogens is 2. The van der Waals surface area contributed by atoms with Gasteiger partial charge >= 0.3 is 0 Å². The van der Waals surface area contributed by atoms with Crippen molar-refractivity contribution in [2.24, 2.45) is 5.92 Å². The zero-order chi connectivity index (χ0) is 26.1. The maximum atomic E-state index is 13.3. The van der Waals surface area contributed by atoms with E-state index in [1.54, 1.807) is 36.5 Å². The summed E-state index contributed by atoms with van der Waals surface area (Å²) in [5.41, 5.74) is 0.559. The van der Waals surface area contributed by atoms with E-state index in [-0.39, 0.29) is 51.0 Å². The van der Waals surface area contributed by atoms with Crippen LogP contribution in [-0.4, -0.2) is 46.5 Å². The molecule has 194 valence electrons. The number of amides is 3. The maximum absolute atomic E-state index is 13.3. The SMILES string of the molecule is C[C@@H](NC(=O)CC1CCC(F)(F)CC1)C(=O)NC(Cc1ccco1)C(=O)C(=O)NCc1ccccn1. The van der Waals surface area contributed by atoms with Gasteiger partial charge in [-0.2, -0.15) is 0 Å². The minimum atomic E-state index is -2.68. The van der Waals surface area contributed by atoms with E-state index in [2.05, 4.69) is 20.9 Å². The number of nitrogens with zero attached hydrogens (tertiary/aromatic N) is 1. The van der Waals surface area contributed by atoms with Gasteiger partial charge < -0.3 is 20.4 Å². The fourth-order valence-corrected chi connectivity index (χ4v) is 3.99. The Kier molecular flexibility index (Phi) is 9.26. The molecule has 1 aliphatic carbocycles. The van der Waals surface area contributed by atoms with E-state index in [0.717, 1.165) is 0 Å². The second-order valence-corrected chi connectivity index (χ2v) is 9.01. The lowest BCUT2D eigenvalue weighted by atomic mass is 9.84. The smallest absolute Gasteiger partial charge is 0.289 e. The number of carbonyl (C=O) groups excluding carboxylic acids is 4. The van der Waals surface area contributed by atoms with Crippen molar-refractivity contribution in [1.82, 2.24) is 20.9 Å². The van der Waals surface area contributed by atoms with Crippen LogP contribution < -0.4 is 16.0 Å². The first kappa shape index (κ1) is 27.0. The molecule has 1 fully saturated rings. The van der Waals surface area contributed by atoms with Gasteiger partial charge in [0.2, 0.25) is 23.5 Å². The Labute approximate surface area is 207 Å². The third-order valence-corrected chi connectivity index (χ3v) is 6.08. The quantitative estimate of drug-likeness (QED) is 0.403. The van der Waals surface area contributed by atoms with Crippen molar-refractivity contribution in [2.45, 2.75) is 70.0 Å². The van der Waals surface area contributed by atoms with Crippen LogP contribution in [0.1, 0.15) is 50.5 Å². The van der Waals surface area contributed by atoms with Gasteiger partial charge in [0, 0.05) is 31.9 Å². The van der Waals surface area contributed by atoms with Gasteiger partial charge in [0.25, 0.3) is 5.91 Å². The van der Waals surface area contributed by atoms with Gasteiger partial charge in [-0.3, -0.25) is 24.2 Å². The topological polar surface area (TPSA) is 130 Å². The van der Waals surface area contributed by atoms with Crippen molar-refractivity contribution in [1.29, 1.82) is 0 Å². The first-order valence-electron chi connectivity index (χ1n) is 11.8. The minimum Gasteiger partial charge on any atom is -0.469 e. The Balaban J connectivity index is 1.55. The monoisotopic (exact) mass is 504 g/mol. The molecule has 2 aromatic heterocycles. The Morgan fingerprint density at radius 3 is 2.50 bits per heavy atom. The van der Waals surface area contributed by atoms with Crippen LogP contribution in [0.2, 0.25) is 0 Å². The summed E-state index contributed by atoms with van der Waals surface area (Å²) >= 11 is 0. The highest BCUT2D eigenvalue weighted by atomic mass is 19.3. The lowest BCUT2D eigenvalue weighted by molar-refractivity contribution is -0.140. The van der Waals surface area contributed by atoms with Crippen molar-refractivity contribution in [2.75, 3.05) is 0 Å². The molecule has 11 heteroatoms. The Bertz CT molecular complexity index is 1040. The number of Topliss-reactive ketones (excluding diaryl/α,β-unsaturated/α-hetero) is 1. The van der Waals surface area contributed by atoms with E-state index in [4.69, 9.17) is 4.42 Å². The highest BCUT2D eigenvalue weighted by Gasteiger charge is 2.36. The molecule has 1 unspecified atom stereocenters. The summed E-state index contributed by atoms with van der Waals surface area (Å²) in [6, 6.07) is 6.14. The molecule has 3 rings (SSSR count). The molecular weight excluding hydrogens is 474 g/mol. The number of rotatable bonds is 11. The third kappa shape index (κ3) is 8.24. The van der Waals surface area contributed by atoms with E-state index in [0.29, 0.717) is 11.5 Å². The second kappa shape index (κ2) is 12.4. The highest BCUT2D eigenvalue weighted by Crippen LogP contribution is 2.37. The molecule has 0 aromatic carbocycles. The van der Waals surface area contributed by atoms with E-state index < -0.39 is 41.5 Å². The number of alkyl halides is 2. The average molecular weight is 505 g/mol. The van der Waals surface area contributed by atoms with E-state index >= 15 is 0 Å². The first-order chi connectivity index (χ1) is 17.1. The van der Waals surface area contributed by atoms with Crippen molar-refractivity contribution in [3.05, 3.63) is 54.2 Å². The number of pyridine rings is 1. The van der Waals surface area contributed by atoms with Crippen LogP contribution in [0.3, 0.4) is 0 Å². The van der Waals surface area contributed by atoms with Gasteiger partial charge in [-0.15, -0.1) is 0 Å².